The fraction of sp³-hybridized carbons (Fsp3) is 0.0159. The van der Waals surface area contributed by atoms with Crippen molar-refractivity contribution in [3.05, 3.63) is 279 Å². The van der Waals surface area contributed by atoms with Crippen LogP contribution in [0.15, 0.2) is 249 Å². The molecule has 71 heavy (non-hydrogen) atoms. The maximum absolute atomic E-state index is 12.9. The molecule has 8 heteroatoms. The first kappa shape index (κ1) is 51.9. The molecule has 1 aliphatic heterocycles. The van der Waals surface area contributed by atoms with Gasteiger partial charge in [0.15, 0.2) is 12.7 Å². The normalized spacial score (nSPS) is 10.5. The fourth-order valence-corrected chi connectivity index (χ4v) is 8.30. The van der Waals surface area contributed by atoms with E-state index in [1.807, 2.05) is 134 Å². The quantitative estimate of drug-likeness (QED) is 0.130. The molecular formula is C63H43FIr3N4-2. The Morgan fingerprint density at radius 1 is 0.451 bits per heavy atom. The number of para-hydroxylation sites is 1. The average Bonchev–Trinajstić information content (AvgIpc) is 3.79. The van der Waals surface area contributed by atoms with Gasteiger partial charge in [0.25, 0.3) is 0 Å². The predicted molar refractivity (Wildman–Crippen MR) is 275 cm³/mol. The Hall–Kier alpha value is -6.98. The van der Waals surface area contributed by atoms with Gasteiger partial charge in [-0.3, -0.25) is 9.37 Å². The van der Waals surface area contributed by atoms with Crippen molar-refractivity contribution in [2.75, 3.05) is 0 Å². The molecule has 5 heterocycles. The molecule has 13 rings (SSSR count). The molecule has 1 aliphatic rings. The van der Waals surface area contributed by atoms with Gasteiger partial charge in [-0.1, -0.05) is 115 Å². The third-order valence-corrected chi connectivity index (χ3v) is 11.7. The molecule has 351 valence electrons. The zero-order chi connectivity index (χ0) is 45.9. The average molecular weight is 1450 g/mol. The van der Waals surface area contributed by atoms with Gasteiger partial charge in [0.05, 0.1) is 11.1 Å². The number of benzene rings is 8. The first-order valence-electron chi connectivity index (χ1n) is 22.5. The zero-order valence-electron chi connectivity index (χ0n) is 38.0. The first-order chi connectivity index (χ1) is 33.6. The fourth-order valence-electron chi connectivity index (χ4n) is 8.30. The molecule has 3 radical (unpaired) electrons. The number of fused-ring (bicyclic) bond motifs is 6. The number of aromatic nitrogens is 4. The molecule has 0 saturated heterocycles. The smallest absolute Gasteiger partial charge is 0.213 e. The first-order valence-corrected chi connectivity index (χ1v) is 22.5. The van der Waals surface area contributed by atoms with Crippen LogP contribution in [0.25, 0.3) is 88.6 Å². The minimum Gasteiger partial charge on any atom is -0.305 e. The largest absolute Gasteiger partial charge is 0.305 e. The minimum absolute atomic E-state index is 0. The molecular weight excluding hydrogens is 1410 g/mol. The minimum atomic E-state index is -0.283. The summed E-state index contributed by atoms with van der Waals surface area (Å²) in [7, 11) is 0. The molecule has 0 saturated carbocycles. The Bertz CT molecular complexity index is 3560. The van der Waals surface area contributed by atoms with Gasteiger partial charge in [-0.25, -0.2) is 0 Å². The number of pyridine rings is 4. The number of nitrogens with zero attached hydrogens (tertiary/aromatic N) is 4. The van der Waals surface area contributed by atoms with Crippen molar-refractivity contribution in [1.29, 1.82) is 0 Å². The summed E-state index contributed by atoms with van der Waals surface area (Å²) in [4.78, 5) is 13.4. The Kier molecular flexibility index (Phi) is 18.4. The van der Waals surface area contributed by atoms with E-state index in [4.69, 9.17) is 0 Å². The zero-order valence-corrected chi connectivity index (χ0v) is 45.2. The SMILES string of the molecule is Fc1c[c-]c(-c2nccc3ccccc23)cc1.[Ir].[Ir].[Ir].[c-]1ccccc1-c1cc(-c2ccccc2)ccn1.[c-]1ccccc1-c1ccc2ccccc2n1.c1cc[n+]2c(c1)-c1cc3ccccc3cc1C2. The van der Waals surface area contributed by atoms with Gasteiger partial charge in [0.1, 0.15) is 0 Å². The van der Waals surface area contributed by atoms with E-state index >= 15 is 0 Å². The van der Waals surface area contributed by atoms with Gasteiger partial charge in [0.2, 0.25) is 5.69 Å². The second kappa shape index (κ2) is 25.2. The van der Waals surface area contributed by atoms with Crippen molar-refractivity contribution >= 4 is 32.4 Å². The molecule has 0 fully saturated rings. The van der Waals surface area contributed by atoms with E-state index < -0.39 is 0 Å². The molecule has 8 aromatic carbocycles. The van der Waals surface area contributed by atoms with Crippen molar-refractivity contribution in [2.45, 2.75) is 6.54 Å². The van der Waals surface area contributed by atoms with E-state index in [-0.39, 0.29) is 66.1 Å². The van der Waals surface area contributed by atoms with Gasteiger partial charge in [-0.05, 0) is 91.5 Å². The van der Waals surface area contributed by atoms with E-state index in [1.165, 1.54) is 56.2 Å². The van der Waals surface area contributed by atoms with E-state index in [1.54, 1.807) is 12.3 Å². The van der Waals surface area contributed by atoms with Crippen LogP contribution in [0.2, 0.25) is 0 Å². The molecule has 4 nitrogen and oxygen atoms in total. The van der Waals surface area contributed by atoms with Crippen LogP contribution in [0.3, 0.4) is 0 Å². The summed E-state index contributed by atoms with van der Waals surface area (Å²) in [5.74, 6) is -0.283. The summed E-state index contributed by atoms with van der Waals surface area (Å²) in [5.41, 5.74) is 13.2. The summed E-state index contributed by atoms with van der Waals surface area (Å²) in [5, 5.41) is 6.00. The van der Waals surface area contributed by atoms with Crippen LogP contribution in [-0.4, -0.2) is 15.0 Å². The van der Waals surface area contributed by atoms with E-state index in [2.05, 4.69) is 129 Å². The second-order valence-electron chi connectivity index (χ2n) is 16.1. The van der Waals surface area contributed by atoms with Crippen LogP contribution in [-0.2, 0) is 66.9 Å². The Morgan fingerprint density at radius 2 is 1.10 bits per heavy atom. The standard InChI is InChI=1S/C17H12N.C16H12N.C15H9FN.C15H10N.3Ir/c1-3-7-14(8-4-1)16-11-12-18-17(13-16)15-9-5-2-6-10-15;1-2-6-13-10-15-14(9-12(13)5-1)11-17-8-4-3-7-16(15)17;16-13-7-5-12(6-8-13)15-14-4-2-1-3-11(14)9-10-17-15;1-2-6-12(7-3-1)15-11-10-13-8-4-5-9-14(13)16-15;;;/h1-9,11-13H;1-10H,11H2;1-5,7-10H;1-6,8-11H;;;/q-1;+1;2*-1;;;. The van der Waals surface area contributed by atoms with Crippen molar-refractivity contribution in [2.24, 2.45) is 0 Å². The summed E-state index contributed by atoms with van der Waals surface area (Å²) >= 11 is 0. The number of hydrogen-bond donors (Lipinski definition) is 0. The van der Waals surface area contributed by atoms with Crippen LogP contribution in [0, 0.1) is 24.0 Å². The molecule has 4 aromatic heterocycles. The van der Waals surface area contributed by atoms with Gasteiger partial charge >= 0.3 is 0 Å². The van der Waals surface area contributed by atoms with Gasteiger partial charge in [-0.2, -0.15) is 4.57 Å². The third kappa shape index (κ3) is 12.7. The van der Waals surface area contributed by atoms with Gasteiger partial charge < -0.3 is 9.97 Å². The number of rotatable bonds is 4. The molecule has 12 aromatic rings. The van der Waals surface area contributed by atoms with E-state index in [0.29, 0.717) is 0 Å². The summed E-state index contributed by atoms with van der Waals surface area (Å²) in [6.07, 6.45) is 5.76. The van der Waals surface area contributed by atoms with E-state index in [9.17, 15) is 4.39 Å². The molecule has 0 N–H and O–H groups in total. The molecule has 0 amide bonds. The summed E-state index contributed by atoms with van der Waals surface area (Å²) in [6, 6.07) is 85.8. The molecule has 0 spiro atoms. The van der Waals surface area contributed by atoms with Crippen LogP contribution in [0.1, 0.15) is 5.56 Å². The van der Waals surface area contributed by atoms with Gasteiger partial charge in [-0.15, -0.1) is 102 Å². The van der Waals surface area contributed by atoms with E-state index in [0.717, 1.165) is 56.6 Å². The van der Waals surface area contributed by atoms with Crippen LogP contribution < -0.4 is 4.57 Å². The molecule has 0 atom stereocenters. The monoisotopic (exact) mass is 1450 g/mol. The predicted octanol–water partition coefficient (Wildman–Crippen LogP) is 14.9. The molecule has 0 bridgehead atoms. The third-order valence-electron chi connectivity index (χ3n) is 11.7. The van der Waals surface area contributed by atoms with Gasteiger partial charge in [0, 0.05) is 96.2 Å². The Morgan fingerprint density at radius 3 is 1.83 bits per heavy atom. The maximum atomic E-state index is 12.9. The maximum Gasteiger partial charge on any atom is 0.213 e. The summed E-state index contributed by atoms with van der Waals surface area (Å²) < 4.78 is 15.2. The van der Waals surface area contributed by atoms with Crippen LogP contribution >= 0.6 is 0 Å². The van der Waals surface area contributed by atoms with Crippen molar-refractivity contribution in [3.8, 4) is 56.2 Å². The van der Waals surface area contributed by atoms with Crippen LogP contribution in [0.5, 0.6) is 0 Å². The topological polar surface area (TPSA) is 42.6 Å². The van der Waals surface area contributed by atoms with Crippen molar-refractivity contribution in [3.63, 3.8) is 0 Å². The summed E-state index contributed by atoms with van der Waals surface area (Å²) in [6.45, 7) is 0.996. The molecule has 0 aliphatic carbocycles. The second-order valence-corrected chi connectivity index (χ2v) is 16.1. The van der Waals surface area contributed by atoms with Crippen LogP contribution in [0.4, 0.5) is 4.39 Å². The molecule has 0 unspecified atom stereocenters. The Balaban J connectivity index is 0.000000137. The Labute approximate surface area is 454 Å². The number of halogens is 1. The van der Waals surface area contributed by atoms with Crippen molar-refractivity contribution in [1.82, 2.24) is 15.0 Å². The van der Waals surface area contributed by atoms with Crippen molar-refractivity contribution < 1.29 is 69.3 Å². The number of hydrogen-bond acceptors (Lipinski definition) is 3.